The van der Waals surface area contributed by atoms with Crippen LogP contribution in [0.15, 0.2) is 29.2 Å². The number of rotatable bonds is 6. The second-order valence-electron chi connectivity index (χ2n) is 7.59. The highest BCUT2D eigenvalue weighted by Gasteiger charge is 2.30. The minimum Gasteiger partial charge on any atom is -0.366 e. The van der Waals surface area contributed by atoms with Gasteiger partial charge >= 0.3 is 0 Å². The Hall–Kier alpha value is -2.34. The fourth-order valence-corrected chi connectivity index (χ4v) is 4.47. The smallest absolute Gasteiger partial charge is 0.255 e. The van der Waals surface area contributed by atoms with E-state index >= 15 is 0 Å². The lowest BCUT2D eigenvalue weighted by atomic mass is 9.97. The first kappa shape index (κ1) is 18.0. The summed E-state index contributed by atoms with van der Waals surface area (Å²) in [4.78, 5) is 31.4. The molecule has 0 saturated carbocycles. The summed E-state index contributed by atoms with van der Waals surface area (Å²) in [6.07, 6.45) is 5.56. The number of pyridine rings is 1. The van der Waals surface area contributed by atoms with Crippen molar-refractivity contribution in [3.8, 4) is 0 Å². The van der Waals surface area contributed by atoms with Gasteiger partial charge in [-0.3, -0.25) is 9.59 Å². The SMILES string of the molecule is CCC(=O)NCCCN1CCC(N2CCc3c[nH]c(=O)c4cccc2c34)C1. The molecular formula is C21H28N4O2. The van der Waals surface area contributed by atoms with Crippen molar-refractivity contribution in [3.63, 3.8) is 0 Å². The van der Waals surface area contributed by atoms with E-state index in [2.05, 4.69) is 26.2 Å². The van der Waals surface area contributed by atoms with Crippen LogP contribution in [-0.2, 0) is 11.2 Å². The van der Waals surface area contributed by atoms with Crippen molar-refractivity contribution in [1.82, 2.24) is 15.2 Å². The molecule has 1 fully saturated rings. The average Bonchev–Trinajstić information content (AvgIpc) is 3.16. The van der Waals surface area contributed by atoms with Crippen LogP contribution in [0.5, 0.6) is 0 Å². The molecule has 1 amide bonds. The Morgan fingerprint density at radius 1 is 1.33 bits per heavy atom. The molecule has 3 heterocycles. The Morgan fingerprint density at radius 3 is 3.07 bits per heavy atom. The molecular weight excluding hydrogens is 340 g/mol. The van der Waals surface area contributed by atoms with Gasteiger partial charge in [-0.05, 0) is 43.5 Å². The van der Waals surface area contributed by atoms with Crippen LogP contribution in [0.25, 0.3) is 10.8 Å². The van der Waals surface area contributed by atoms with Gasteiger partial charge in [0.25, 0.3) is 5.56 Å². The van der Waals surface area contributed by atoms with Gasteiger partial charge in [0.05, 0.1) is 0 Å². The van der Waals surface area contributed by atoms with Crippen molar-refractivity contribution in [2.24, 2.45) is 0 Å². The second kappa shape index (κ2) is 7.72. The molecule has 144 valence electrons. The molecule has 0 bridgehead atoms. The lowest BCUT2D eigenvalue weighted by Gasteiger charge is -2.36. The fraction of sp³-hybridized carbons (Fsp3) is 0.524. The quantitative estimate of drug-likeness (QED) is 0.764. The maximum absolute atomic E-state index is 12.2. The van der Waals surface area contributed by atoms with Gasteiger partial charge < -0.3 is 20.1 Å². The van der Waals surface area contributed by atoms with E-state index in [0.29, 0.717) is 12.5 Å². The van der Waals surface area contributed by atoms with Gasteiger partial charge in [0.2, 0.25) is 5.91 Å². The standard InChI is InChI=1S/C21H28N4O2/c1-2-19(26)22-9-4-10-24-11-8-16(14-24)25-12-7-15-13-23-21(27)17-5-3-6-18(25)20(15)17/h3,5-6,13,16H,2,4,7-12,14H2,1H3,(H,22,26)(H,23,27). The van der Waals surface area contributed by atoms with E-state index in [4.69, 9.17) is 0 Å². The van der Waals surface area contributed by atoms with E-state index in [-0.39, 0.29) is 11.5 Å². The molecule has 2 aliphatic heterocycles. The number of aromatic nitrogens is 1. The van der Waals surface area contributed by atoms with Crippen LogP contribution >= 0.6 is 0 Å². The maximum atomic E-state index is 12.2. The summed E-state index contributed by atoms with van der Waals surface area (Å²) in [6, 6.07) is 6.58. The lowest BCUT2D eigenvalue weighted by molar-refractivity contribution is -0.120. The zero-order valence-corrected chi connectivity index (χ0v) is 16.0. The number of carbonyl (C=O) groups excluding carboxylic acids is 1. The number of likely N-dealkylation sites (tertiary alicyclic amines) is 1. The van der Waals surface area contributed by atoms with Gasteiger partial charge in [-0.25, -0.2) is 0 Å². The lowest BCUT2D eigenvalue weighted by Crippen LogP contribution is -2.41. The molecule has 1 unspecified atom stereocenters. The van der Waals surface area contributed by atoms with Gasteiger partial charge in [-0.15, -0.1) is 0 Å². The van der Waals surface area contributed by atoms with E-state index in [9.17, 15) is 9.59 Å². The number of H-pyrrole nitrogens is 1. The van der Waals surface area contributed by atoms with E-state index in [1.807, 2.05) is 25.3 Å². The fourth-order valence-electron chi connectivity index (χ4n) is 4.47. The van der Waals surface area contributed by atoms with Crippen molar-refractivity contribution in [2.75, 3.05) is 37.6 Å². The molecule has 0 spiro atoms. The number of amides is 1. The van der Waals surface area contributed by atoms with Crippen molar-refractivity contribution in [3.05, 3.63) is 40.3 Å². The molecule has 6 heteroatoms. The van der Waals surface area contributed by atoms with E-state index in [1.165, 1.54) is 11.3 Å². The molecule has 27 heavy (non-hydrogen) atoms. The van der Waals surface area contributed by atoms with Crippen LogP contribution in [-0.4, -0.2) is 54.6 Å². The van der Waals surface area contributed by atoms with E-state index < -0.39 is 0 Å². The summed E-state index contributed by atoms with van der Waals surface area (Å²) in [7, 11) is 0. The predicted molar refractivity (Wildman–Crippen MR) is 108 cm³/mol. The highest BCUT2D eigenvalue weighted by atomic mass is 16.1. The first-order chi connectivity index (χ1) is 13.2. The van der Waals surface area contributed by atoms with Gasteiger partial charge in [-0.1, -0.05) is 13.0 Å². The van der Waals surface area contributed by atoms with Crippen LogP contribution in [0.3, 0.4) is 0 Å². The van der Waals surface area contributed by atoms with Crippen molar-refractivity contribution in [2.45, 2.75) is 38.6 Å². The number of nitrogens with one attached hydrogen (secondary N) is 2. The molecule has 2 N–H and O–H groups in total. The number of nitrogens with zero attached hydrogens (tertiary/aromatic N) is 2. The maximum Gasteiger partial charge on any atom is 0.255 e. The third-order valence-electron chi connectivity index (χ3n) is 5.90. The third kappa shape index (κ3) is 3.58. The topological polar surface area (TPSA) is 68.4 Å². The number of aromatic amines is 1. The van der Waals surface area contributed by atoms with Crippen molar-refractivity contribution in [1.29, 1.82) is 0 Å². The molecule has 1 saturated heterocycles. The minimum absolute atomic E-state index is 0.000347. The second-order valence-corrected chi connectivity index (χ2v) is 7.59. The molecule has 0 aliphatic carbocycles. The summed E-state index contributed by atoms with van der Waals surface area (Å²) in [5, 5.41) is 4.89. The van der Waals surface area contributed by atoms with Gasteiger partial charge in [0.15, 0.2) is 0 Å². The number of benzene rings is 1. The summed E-state index contributed by atoms with van der Waals surface area (Å²) >= 11 is 0. The first-order valence-corrected chi connectivity index (χ1v) is 10.1. The molecule has 4 rings (SSSR count). The van der Waals surface area contributed by atoms with E-state index in [1.54, 1.807) is 0 Å². The molecule has 6 nitrogen and oxygen atoms in total. The van der Waals surface area contributed by atoms with Crippen molar-refractivity contribution < 1.29 is 4.79 Å². The molecule has 1 aromatic heterocycles. The van der Waals surface area contributed by atoms with Crippen LogP contribution < -0.4 is 15.8 Å². The van der Waals surface area contributed by atoms with Crippen molar-refractivity contribution >= 4 is 22.4 Å². The Bertz CT molecular complexity index is 891. The molecule has 1 aromatic carbocycles. The van der Waals surface area contributed by atoms with Crippen LogP contribution in [0, 0.1) is 0 Å². The Labute approximate surface area is 159 Å². The highest BCUT2D eigenvalue weighted by molar-refractivity contribution is 5.97. The molecule has 1 atom stereocenters. The summed E-state index contributed by atoms with van der Waals surface area (Å²) in [6.45, 7) is 6.81. The summed E-state index contributed by atoms with van der Waals surface area (Å²) < 4.78 is 0. The Kier molecular flexibility index (Phi) is 5.16. The number of hydrogen-bond donors (Lipinski definition) is 2. The Morgan fingerprint density at radius 2 is 2.22 bits per heavy atom. The number of anilines is 1. The van der Waals surface area contributed by atoms with Gasteiger partial charge in [-0.2, -0.15) is 0 Å². The molecule has 2 aliphatic rings. The zero-order chi connectivity index (χ0) is 18.8. The zero-order valence-electron chi connectivity index (χ0n) is 16.0. The summed E-state index contributed by atoms with van der Waals surface area (Å²) in [5.41, 5.74) is 2.46. The number of carbonyl (C=O) groups is 1. The number of hydrogen-bond acceptors (Lipinski definition) is 4. The Balaban J connectivity index is 1.43. The molecule has 0 radical (unpaired) electrons. The van der Waals surface area contributed by atoms with Gasteiger partial charge in [0, 0.05) is 61.3 Å². The van der Waals surface area contributed by atoms with Crippen LogP contribution in [0.1, 0.15) is 31.7 Å². The largest absolute Gasteiger partial charge is 0.366 e. The normalized spacial score (nSPS) is 19.6. The van der Waals surface area contributed by atoms with Crippen LogP contribution in [0.2, 0.25) is 0 Å². The first-order valence-electron chi connectivity index (χ1n) is 10.1. The summed E-state index contributed by atoms with van der Waals surface area (Å²) in [5.74, 6) is 0.129. The van der Waals surface area contributed by atoms with Gasteiger partial charge in [0.1, 0.15) is 0 Å². The monoisotopic (exact) mass is 368 g/mol. The van der Waals surface area contributed by atoms with E-state index in [0.717, 1.165) is 62.8 Å². The molecule has 2 aromatic rings. The third-order valence-corrected chi connectivity index (χ3v) is 5.90. The van der Waals surface area contributed by atoms with Crippen LogP contribution in [0.4, 0.5) is 5.69 Å². The average molecular weight is 368 g/mol. The minimum atomic E-state index is -0.000347. The predicted octanol–water partition coefficient (Wildman–Crippen LogP) is 1.88. The highest BCUT2D eigenvalue weighted by Crippen LogP contribution is 2.35.